The molecular weight excluding hydrogens is 224 g/mol. The van der Waals surface area contributed by atoms with Gasteiger partial charge in [-0.2, -0.15) is 0 Å². The van der Waals surface area contributed by atoms with E-state index in [4.69, 9.17) is 4.74 Å². The Morgan fingerprint density at radius 3 is 2.00 bits per heavy atom. The fourth-order valence-electron chi connectivity index (χ4n) is 2.41. The van der Waals surface area contributed by atoms with Gasteiger partial charge in [0.25, 0.3) is 0 Å². The van der Waals surface area contributed by atoms with Gasteiger partial charge in [-0.15, -0.1) is 0 Å². The average molecular weight is 238 g/mol. The van der Waals surface area contributed by atoms with Crippen LogP contribution in [-0.4, -0.2) is 5.97 Å². The summed E-state index contributed by atoms with van der Waals surface area (Å²) < 4.78 is 5.48. The smallest absolute Gasteiger partial charge is 0.314 e. The Balaban J connectivity index is 1.83. The molecule has 0 aliphatic carbocycles. The zero-order chi connectivity index (χ0) is 12.4. The Morgan fingerprint density at radius 1 is 0.833 bits per heavy atom. The Kier molecular flexibility index (Phi) is 2.85. The normalized spacial score (nSPS) is 22.8. The zero-order valence-electron chi connectivity index (χ0n) is 9.95. The molecule has 90 valence electrons. The molecule has 2 atom stereocenters. The van der Waals surface area contributed by atoms with Crippen LogP contribution in [0.2, 0.25) is 0 Å². The Bertz CT molecular complexity index is 534. The molecule has 2 nitrogen and oxygen atoms in total. The molecule has 0 saturated carbocycles. The number of carbonyl (C=O) groups is 1. The van der Waals surface area contributed by atoms with Gasteiger partial charge in [0.15, 0.2) is 0 Å². The lowest BCUT2D eigenvalue weighted by molar-refractivity contribution is -0.142. The summed E-state index contributed by atoms with van der Waals surface area (Å²) in [7, 11) is 0. The van der Waals surface area contributed by atoms with Crippen molar-refractivity contribution in [2.75, 3.05) is 0 Å². The number of esters is 1. The summed E-state index contributed by atoms with van der Waals surface area (Å²) in [4.78, 5) is 11.9. The second-order valence-electron chi connectivity index (χ2n) is 4.54. The Labute approximate surface area is 106 Å². The summed E-state index contributed by atoms with van der Waals surface area (Å²) in [5.74, 6) is -0.244. The van der Waals surface area contributed by atoms with Gasteiger partial charge in [0.2, 0.25) is 0 Å². The Morgan fingerprint density at radius 2 is 1.39 bits per heavy atom. The summed E-state index contributed by atoms with van der Waals surface area (Å²) in [6, 6.07) is 19.8. The van der Waals surface area contributed by atoms with E-state index in [-0.39, 0.29) is 18.0 Å². The molecule has 2 aromatic carbocycles. The van der Waals surface area contributed by atoms with Crippen molar-refractivity contribution >= 4 is 5.97 Å². The second kappa shape index (κ2) is 4.65. The summed E-state index contributed by atoms with van der Waals surface area (Å²) in [5, 5.41) is 0. The van der Waals surface area contributed by atoms with E-state index < -0.39 is 0 Å². The molecule has 1 heterocycles. The minimum absolute atomic E-state index is 0.107. The van der Waals surface area contributed by atoms with E-state index in [0.29, 0.717) is 0 Å². The van der Waals surface area contributed by atoms with E-state index in [1.54, 1.807) is 0 Å². The third-order valence-corrected chi connectivity index (χ3v) is 3.37. The minimum Gasteiger partial charge on any atom is -0.457 e. The average Bonchev–Trinajstić information content (AvgIpc) is 2.83. The first kappa shape index (κ1) is 11.0. The van der Waals surface area contributed by atoms with E-state index in [2.05, 4.69) is 0 Å². The molecule has 1 aliphatic rings. The highest BCUT2D eigenvalue weighted by Gasteiger charge is 2.35. The second-order valence-corrected chi connectivity index (χ2v) is 4.54. The maximum Gasteiger partial charge on any atom is 0.314 e. The monoisotopic (exact) mass is 238 g/mol. The number of rotatable bonds is 2. The summed E-state index contributed by atoms with van der Waals surface area (Å²) in [6.07, 6.45) is 0.622. The lowest BCUT2D eigenvalue weighted by Crippen LogP contribution is -2.04. The highest BCUT2D eigenvalue weighted by atomic mass is 16.6. The van der Waals surface area contributed by atoms with Crippen molar-refractivity contribution in [3.63, 3.8) is 0 Å². The van der Waals surface area contributed by atoms with Crippen molar-refractivity contribution in [1.82, 2.24) is 0 Å². The standard InChI is InChI=1S/C16H14O2/c17-16-14(12-7-3-1-4-8-12)11-15(18-16)13-9-5-2-6-10-13/h1-10,14-15H,11H2. The van der Waals surface area contributed by atoms with E-state index in [9.17, 15) is 4.79 Å². The number of carbonyl (C=O) groups excluding carboxylic acids is 1. The maximum atomic E-state index is 11.9. The molecule has 18 heavy (non-hydrogen) atoms. The third kappa shape index (κ3) is 2.02. The van der Waals surface area contributed by atoms with Gasteiger partial charge in [-0.1, -0.05) is 60.7 Å². The van der Waals surface area contributed by atoms with Crippen LogP contribution in [0, 0.1) is 0 Å². The fraction of sp³-hybridized carbons (Fsp3) is 0.188. The van der Waals surface area contributed by atoms with E-state index in [0.717, 1.165) is 17.5 Å². The van der Waals surface area contributed by atoms with Gasteiger partial charge >= 0.3 is 5.97 Å². The SMILES string of the molecule is O=C1OC(c2ccccc2)CC1c1ccccc1. The van der Waals surface area contributed by atoms with Crippen LogP contribution in [-0.2, 0) is 9.53 Å². The molecule has 0 N–H and O–H groups in total. The largest absolute Gasteiger partial charge is 0.457 e. The van der Waals surface area contributed by atoms with Crippen LogP contribution in [0.15, 0.2) is 60.7 Å². The molecule has 0 amide bonds. The van der Waals surface area contributed by atoms with Crippen molar-refractivity contribution in [3.8, 4) is 0 Å². The number of ether oxygens (including phenoxy) is 1. The number of hydrogen-bond acceptors (Lipinski definition) is 2. The van der Waals surface area contributed by atoms with Crippen LogP contribution in [0.3, 0.4) is 0 Å². The number of hydrogen-bond donors (Lipinski definition) is 0. The fourth-order valence-corrected chi connectivity index (χ4v) is 2.41. The predicted molar refractivity (Wildman–Crippen MR) is 69.1 cm³/mol. The van der Waals surface area contributed by atoms with E-state index in [1.807, 2.05) is 60.7 Å². The van der Waals surface area contributed by atoms with Gasteiger partial charge in [0, 0.05) is 6.42 Å². The van der Waals surface area contributed by atoms with Gasteiger partial charge in [-0.05, 0) is 11.1 Å². The van der Waals surface area contributed by atoms with Crippen molar-refractivity contribution in [2.24, 2.45) is 0 Å². The molecule has 2 aromatic rings. The van der Waals surface area contributed by atoms with Crippen molar-refractivity contribution in [3.05, 3.63) is 71.8 Å². The van der Waals surface area contributed by atoms with Gasteiger partial charge in [-0.25, -0.2) is 0 Å². The molecule has 2 heteroatoms. The highest BCUT2D eigenvalue weighted by molar-refractivity contribution is 5.80. The summed E-state index contributed by atoms with van der Waals surface area (Å²) in [5.41, 5.74) is 2.12. The van der Waals surface area contributed by atoms with Crippen LogP contribution in [0.1, 0.15) is 29.6 Å². The topological polar surface area (TPSA) is 26.3 Å². The number of benzene rings is 2. The highest BCUT2D eigenvalue weighted by Crippen LogP contribution is 2.38. The lowest BCUT2D eigenvalue weighted by atomic mass is 9.94. The molecule has 1 aliphatic heterocycles. The van der Waals surface area contributed by atoms with E-state index >= 15 is 0 Å². The molecule has 2 unspecified atom stereocenters. The van der Waals surface area contributed by atoms with Crippen molar-refractivity contribution < 1.29 is 9.53 Å². The van der Waals surface area contributed by atoms with Crippen LogP contribution in [0.25, 0.3) is 0 Å². The van der Waals surface area contributed by atoms with Crippen molar-refractivity contribution in [1.29, 1.82) is 0 Å². The molecule has 0 radical (unpaired) electrons. The van der Waals surface area contributed by atoms with Crippen LogP contribution < -0.4 is 0 Å². The first-order chi connectivity index (χ1) is 8.84. The first-order valence-corrected chi connectivity index (χ1v) is 6.15. The van der Waals surface area contributed by atoms with Gasteiger partial charge in [0.05, 0.1) is 5.92 Å². The maximum absolute atomic E-state index is 11.9. The van der Waals surface area contributed by atoms with Gasteiger partial charge in [-0.3, -0.25) is 4.79 Å². The zero-order valence-corrected chi connectivity index (χ0v) is 9.95. The first-order valence-electron chi connectivity index (χ1n) is 6.15. The van der Waals surface area contributed by atoms with Crippen LogP contribution in [0.5, 0.6) is 0 Å². The number of cyclic esters (lactones) is 1. The quantitative estimate of drug-likeness (QED) is 0.749. The molecule has 0 spiro atoms. The molecular formula is C16H14O2. The Hall–Kier alpha value is -2.09. The summed E-state index contributed by atoms with van der Waals surface area (Å²) in [6.45, 7) is 0. The summed E-state index contributed by atoms with van der Waals surface area (Å²) >= 11 is 0. The van der Waals surface area contributed by atoms with Gasteiger partial charge in [0.1, 0.15) is 6.10 Å². The third-order valence-electron chi connectivity index (χ3n) is 3.37. The lowest BCUT2D eigenvalue weighted by Gasteiger charge is -2.08. The van der Waals surface area contributed by atoms with Crippen LogP contribution in [0.4, 0.5) is 0 Å². The van der Waals surface area contributed by atoms with E-state index in [1.165, 1.54) is 0 Å². The molecule has 1 saturated heterocycles. The van der Waals surface area contributed by atoms with Crippen molar-refractivity contribution in [2.45, 2.75) is 18.4 Å². The molecule has 0 bridgehead atoms. The minimum atomic E-state index is -0.128. The molecule has 0 aromatic heterocycles. The van der Waals surface area contributed by atoms with Crippen LogP contribution >= 0.6 is 0 Å². The molecule has 3 rings (SSSR count). The molecule has 1 fully saturated rings. The van der Waals surface area contributed by atoms with Gasteiger partial charge < -0.3 is 4.74 Å². The predicted octanol–water partition coefficient (Wildman–Crippen LogP) is 3.46.